The summed E-state index contributed by atoms with van der Waals surface area (Å²) >= 11 is 0. The minimum absolute atomic E-state index is 0.151. The van der Waals surface area contributed by atoms with Gasteiger partial charge in [-0.2, -0.15) is 0 Å². The predicted molar refractivity (Wildman–Crippen MR) is 89.8 cm³/mol. The summed E-state index contributed by atoms with van der Waals surface area (Å²) in [5, 5.41) is 6.34. The molecule has 0 bridgehead atoms. The SMILES string of the molecule is CN=C(NCC(=O)N1CCCCC1)NCc1cccc(C)c1. The molecule has 0 unspecified atom stereocenters. The van der Waals surface area contributed by atoms with Crippen molar-refractivity contribution in [1.29, 1.82) is 0 Å². The summed E-state index contributed by atoms with van der Waals surface area (Å²) in [6.45, 7) is 4.84. The molecule has 1 aliphatic heterocycles. The van der Waals surface area contributed by atoms with Crippen LogP contribution in [-0.2, 0) is 11.3 Å². The van der Waals surface area contributed by atoms with Crippen LogP contribution in [0.2, 0.25) is 0 Å². The zero-order valence-electron chi connectivity index (χ0n) is 13.6. The number of likely N-dealkylation sites (tertiary alicyclic amines) is 1. The van der Waals surface area contributed by atoms with Crippen molar-refractivity contribution >= 4 is 11.9 Å². The van der Waals surface area contributed by atoms with Gasteiger partial charge < -0.3 is 15.5 Å². The van der Waals surface area contributed by atoms with E-state index in [9.17, 15) is 4.79 Å². The van der Waals surface area contributed by atoms with Crippen LogP contribution in [0.4, 0.5) is 0 Å². The Morgan fingerprint density at radius 1 is 1.23 bits per heavy atom. The van der Waals surface area contributed by atoms with Crippen LogP contribution in [0.1, 0.15) is 30.4 Å². The van der Waals surface area contributed by atoms with E-state index < -0.39 is 0 Å². The van der Waals surface area contributed by atoms with Crippen molar-refractivity contribution in [3.63, 3.8) is 0 Å². The van der Waals surface area contributed by atoms with Crippen LogP contribution in [-0.4, -0.2) is 43.4 Å². The molecule has 1 amide bonds. The van der Waals surface area contributed by atoms with Crippen LogP contribution in [0.5, 0.6) is 0 Å². The van der Waals surface area contributed by atoms with Gasteiger partial charge >= 0.3 is 0 Å². The maximum absolute atomic E-state index is 12.1. The number of carbonyl (C=O) groups is 1. The van der Waals surface area contributed by atoms with E-state index in [1.807, 2.05) is 11.0 Å². The summed E-state index contributed by atoms with van der Waals surface area (Å²) < 4.78 is 0. The number of guanidine groups is 1. The summed E-state index contributed by atoms with van der Waals surface area (Å²) in [6.07, 6.45) is 3.47. The molecule has 0 aliphatic carbocycles. The number of piperidine rings is 1. The number of rotatable bonds is 4. The van der Waals surface area contributed by atoms with Crippen molar-refractivity contribution in [1.82, 2.24) is 15.5 Å². The van der Waals surface area contributed by atoms with Gasteiger partial charge in [-0.25, -0.2) is 0 Å². The van der Waals surface area contributed by atoms with E-state index >= 15 is 0 Å². The molecule has 120 valence electrons. The Bertz CT molecular complexity index is 521. The van der Waals surface area contributed by atoms with Crippen molar-refractivity contribution in [3.05, 3.63) is 35.4 Å². The fourth-order valence-electron chi connectivity index (χ4n) is 2.64. The number of hydrogen-bond donors (Lipinski definition) is 2. The second kappa shape index (κ2) is 8.41. The molecule has 1 aromatic carbocycles. The molecule has 1 fully saturated rings. The molecular formula is C17H26N4O. The van der Waals surface area contributed by atoms with Crippen molar-refractivity contribution in [2.45, 2.75) is 32.7 Å². The maximum Gasteiger partial charge on any atom is 0.241 e. The average Bonchev–Trinajstić information content (AvgIpc) is 2.55. The Balaban J connectivity index is 1.76. The summed E-state index contributed by atoms with van der Waals surface area (Å²) in [4.78, 5) is 18.2. The Morgan fingerprint density at radius 3 is 2.68 bits per heavy atom. The second-order valence-corrected chi connectivity index (χ2v) is 5.71. The van der Waals surface area contributed by atoms with Gasteiger partial charge in [-0.1, -0.05) is 29.8 Å². The van der Waals surface area contributed by atoms with Gasteiger partial charge in [0.05, 0.1) is 6.54 Å². The van der Waals surface area contributed by atoms with Gasteiger partial charge in [-0.05, 0) is 31.7 Å². The van der Waals surface area contributed by atoms with Crippen LogP contribution >= 0.6 is 0 Å². The van der Waals surface area contributed by atoms with Gasteiger partial charge in [0.15, 0.2) is 5.96 Å². The van der Waals surface area contributed by atoms with Crippen LogP contribution in [0.3, 0.4) is 0 Å². The van der Waals surface area contributed by atoms with Gasteiger partial charge in [0, 0.05) is 26.7 Å². The topological polar surface area (TPSA) is 56.7 Å². The quantitative estimate of drug-likeness (QED) is 0.657. The molecule has 1 heterocycles. The highest BCUT2D eigenvalue weighted by Gasteiger charge is 2.16. The van der Waals surface area contributed by atoms with E-state index in [4.69, 9.17) is 0 Å². The first-order valence-electron chi connectivity index (χ1n) is 7.97. The highest BCUT2D eigenvalue weighted by molar-refractivity contribution is 5.86. The summed E-state index contributed by atoms with van der Waals surface area (Å²) in [5.41, 5.74) is 2.44. The third-order valence-corrected chi connectivity index (χ3v) is 3.88. The molecule has 0 saturated carbocycles. The zero-order valence-corrected chi connectivity index (χ0v) is 13.6. The molecule has 0 aromatic heterocycles. The molecule has 2 N–H and O–H groups in total. The Labute approximate surface area is 132 Å². The predicted octanol–water partition coefficient (Wildman–Crippen LogP) is 1.67. The lowest BCUT2D eigenvalue weighted by atomic mass is 10.1. The van der Waals surface area contributed by atoms with Gasteiger partial charge in [0.1, 0.15) is 0 Å². The normalized spacial score (nSPS) is 15.5. The van der Waals surface area contributed by atoms with E-state index in [2.05, 4.69) is 40.7 Å². The molecule has 0 radical (unpaired) electrons. The maximum atomic E-state index is 12.1. The summed E-state index contributed by atoms with van der Waals surface area (Å²) in [6, 6.07) is 8.33. The van der Waals surface area contributed by atoms with Crippen molar-refractivity contribution < 1.29 is 4.79 Å². The van der Waals surface area contributed by atoms with E-state index in [1.54, 1.807) is 7.05 Å². The van der Waals surface area contributed by atoms with Crippen molar-refractivity contribution in [3.8, 4) is 0 Å². The van der Waals surface area contributed by atoms with Crippen molar-refractivity contribution in [2.24, 2.45) is 4.99 Å². The lowest BCUT2D eigenvalue weighted by Gasteiger charge is -2.27. The molecule has 2 rings (SSSR count). The van der Waals surface area contributed by atoms with E-state index in [-0.39, 0.29) is 5.91 Å². The van der Waals surface area contributed by atoms with E-state index in [0.717, 1.165) is 25.9 Å². The van der Waals surface area contributed by atoms with Crippen molar-refractivity contribution in [2.75, 3.05) is 26.7 Å². The van der Waals surface area contributed by atoms with Crippen LogP contribution in [0, 0.1) is 6.92 Å². The number of nitrogens with one attached hydrogen (secondary N) is 2. The Morgan fingerprint density at radius 2 is 2.00 bits per heavy atom. The number of aliphatic imine (C=N–C) groups is 1. The van der Waals surface area contributed by atoms with Crippen LogP contribution in [0.15, 0.2) is 29.3 Å². The molecule has 0 atom stereocenters. The number of amides is 1. The zero-order chi connectivity index (χ0) is 15.8. The summed E-state index contributed by atoms with van der Waals surface area (Å²) in [7, 11) is 1.72. The van der Waals surface area contributed by atoms with Gasteiger partial charge in [0.25, 0.3) is 0 Å². The number of nitrogens with zero attached hydrogens (tertiary/aromatic N) is 2. The lowest BCUT2D eigenvalue weighted by Crippen LogP contribution is -2.45. The van der Waals surface area contributed by atoms with Gasteiger partial charge in [0.2, 0.25) is 5.91 Å². The Kier molecular flexibility index (Phi) is 6.25. The Hall–Kier alpha value is -2.04. The number of benzene rings is 1. The third kappa shape index (κ3) is 5.06. The fourth-order valence-corrected chi connectivity index (χ4v) is 2.64. The van der Waals surface area contributed by atoms with Gasteiger partial charge in [-0.15, -0.1) is 0 Å². The minimum atomic E-state index is 0.151. The molecule has 0 spiro atoms. The second-order valence-electron chi connectivity index (χ2n) is 5.71. The van der Waals surface area contributed by atoms with E-state index in [0.29, 0.717) is 19.0 Å². The third-order valence-electron chi connectivity index (χ3n) is 3.88. The van der Waals surface area contributed by atoms with Crippen LogP contribution in [0.25, 0.3) is 0 Å². The van der Waals surface area contributed by atoms with E-state index in [1.165, 1.54) is 17.5 Å². The number of carbonyl (C=O) groups excluding carboxylic acids is 1. The van der Waals surface area contributed by atoms with Crippen LogP contribution < -0.4 is 10.6 Å². The highest BCUT2D eigenvalue weighted by atomic mass is 16.2. The average molecular weight is 302 g/mol. The molecular weight excluding hydrogens is 276 g/mol. The number of aryl methyl sites for hydroxylation is 1. The molecule has 22 heavy (non-hydrogen) atoms. The molecule has 1 saturated heterocycles. The molecule has 5 heteroatoms. The first-order valence-corrected chi connectivity index (χ1v) is 7.97. The largest absolute Gasteiger partial charge is 0.352 e. The monoisotopic (exact) mass is 302 g/mol. The minimum Gasteiger partial charge on any atom is -0.352 e. The first kappa shape index (κ1) is 16.3. The summed E-state index contributed by atoms with van der Waals surface area (Å²) in [5.74, 6) is 0.810. The van der Waals surface area contributed by atoms with Gasteiger partial charge in [-0.3, -0.25) is 9.79 Å². The standard InChI is InChI=1S/C17H26N4O/c1-14-7-6-8-15(11-14)12-19-17(18-2)20-13-16(22)21-9-4-3-5-10-21/h6-8,11H,3-5,9-10,12-13H2,1-2H3,(H2,18,19,20). The number of hydrogen-bond acceptors (Lipinski definition) is 2. The smallest absolute Gasteiger partial charge is 0.241 e. The highest BCUT2D eigenvalue weighted by Crippen LogP contribution is 2.08. The molecule has 1 aromatic rings. The lowest BCUT2D eigenvalue weighted by molar-refractivity contribution is -0.130. The molecule has 1 aliphatic rings. The molecule has 5 nitrogen and oxygen atoms in total. The first-order chi connectivity index (χ1) is 10.7. The fraction of sp³-hybridized carbons (Fsp3) is 0.529.